The van der Waals surface area contributed by atoms with E-state index < -0.39 is 0 Å². The van der Waals surface area contributed by atoms with Gasteiger partial charge in [0.25, 0.3) is 0 Å². The summed E-state index contributed by atoms with van der Waals surface area (Å²) < 4.78 is 0. The van der Waals surface area contributed by atoms with Crippen molar-refractivity contribution in [1.29, 1.82) is 5.26 Å². The van der Waals surface area contributed by atoms with E-state index in [1.165, 1.54) is 5.56 Å². The zero-order valence-corrected chi connectivity index (χ0v) is 8.75. The lowest BCUT2D eigenvalue weighted by Crippen LogP contribution is -1.91. The Morgan fingerprint density at radius 1 is 1.43 bits per heavy atom. The molecule has 0 radical (unpaired) electrons. The molecule has 14 heavy (non-hydrogen) atoms. The van der Waals surface area contributed by atoms with Crippen LogP contribution in [0, 0.1) is 11.3 Å². The first-order valence-corrected chi connectivity index (χ1v) is 4.78. The zero-order chi connectivity index (χ0) is 10.6. The molecule has 72 valence electrons. The number of rotatable bonds is 3. The molecule has 0 aliphatic carbocycles. The third-order valence-electron chi connectivity index (χ3n) is 2.37. The van der Waals surface area contributed by atoms with Crippen molar-refractivity contribution in [2.24, 2.45) is 0 Å². The highest BCUT2D eigenvalue weighted by atomic mass is 14.2. The van der Waals surface area contributed by atoms with Crippen molar-refractivity contribution in [2.45, 2.75) is 26.2 Å². The highest BCUT2D eigenvalue weighted by molar-refractivity contribution is 5.61. The molecule has 0 N–H and O–H groups in total. The topological polar surface area (TPSA) is 23.8 Å². The Bertz CT molecular complexity index is 354. The van der Waals surface area contributed by atoms with E-state index in [-0.39, 0.29) is 0 Å². The highest BCUT2D eigenvalue weighted by Crippen LogP contribution is 2.20. The minimum absolute atomic E-state index is 0.319. The lowest BCUT2D eigenvalue weighted by Gasteiger charge is -2.08. The van der Waals surface area contributed by atoms with Crippen LogP contribution in [-0.4, -0.2) is 0 Å². The maximum Gasteiger partial charge on any atom is 0.0628 e. The van der Waals surface area contributed by atoms with Gasteiger partial charge in [0.15, 0.2) is 0 Å². The molecule has 1 heteroatoms. The molecule has 0 aliphatic heterocycles. The number of nitriles is 1. The van der Waals surface area contributed by atoms with Crippen LogP contribution in [-0.2, 0) is 0 Å². The molecule has 0 aliphatic rings. The van der Waals surface area contributed by atoms with Gasteiger partial charge < -0.3 is 0 Å². The Hall–Kier alpha value is -1.55. The normalized spacial score (nSPS) is 11.8. The van der Waals surface area contributed by atoms with E-state index >= 15 is 0 Å². The summed E-state index contributed by atoms with van der Waals surface area (Å²) in [5, 5.41) is 8.58. The Morgan fingerprint density at radius 2 is 2.00 bits per heavy atom. The average Bonchev–Trinajstić information content (AvgIpc) is 2.18. The van der Waals surface area contributed by atoms with Crippen LogP contribution >= 0.6 is 0 Å². The van der Waals surface area contributed by atoms with E-state index in [2.05, 4.69) is 43.8 Å². The largest absolute Gasteiger partial charge is 0.198 e. The number of benzene rings is 1. The molecule has 0 amide bonds. The van der Waals surface area contributed by atoms with Gasteiger partial charge in [0, 0.05) is 6.42 Å². The predicted molar refractivity (Wildman–Crippen MR) is 59.8 cm³/mol. The molecule has 1 rings (SSSR count). The standard InChI is InChI=1S/C13H15N/c1-10(2)12-4-6-13(7-5-12)11(3)8-9-14/h4-7,11H,1,8H2,2-3H3/t11-/m0/s1. The van der Waals surface area contributed by atoms with E-state index in [1.807, 2.05) is 6.92 Å². The number of hydrogen-bond acceptors (Lipinski definition) is 1. The molecule has 1 nitrogen and oxygen atoms in total. The van der Waals surface area contributed by atoms with Gasteiger partial charge in [-0.05, 0) is 24.0 Å². The quantitative estimate of drug-likeness (QED) is 0.703. The van der Waals surface area contributed by atoms with E-state index in [4.69, 9.17) is 5.26 Å². The van der Waals surface area contributed by atoms with Crippen LogP contribution in [0.1, 0.15) is 37.3 Å². The fraction of sp³-hybridized carbons (Fsp3) is 0.308. The van der Waals surface area contributed by atoms with Crippen LogP contribution in [0.25, 0.3) is 5.57 Å². The van der Waals surface area contributed by atoms with Gasteiger partial charge >= 0.3 is 0 Å². The monoisotopic (exact) mass is 185 g/mol. The summed E-state index contributed by atoms with van der Waals surface area (Å²) in [6, 6.07) is 10.5. The van der Waals surface area contributed by atoms with Gasteiger partial charge in [0.1, 0.15) is 0 Å². The van der Waals surface area contributed by atoms with Crippen molar-refractivity contribution >= 4 is 5.57 Å². The smallest absolute Gasteiger partial charge is 0.0628 e. The zero-order valence-electron chi connectivity index (χ0n) is 8.75. The number of nitrogens with zero attached hydrogens (tertiary/aromatic N) is 1. The molecule has 0 fully saturated rings. The van der Waals surface area contributed by atoms with Crippen molar-refractivity contribution in [3.05, 3.63) is 42.0 Å². The SMILES string of the molecule is C=C(C)c1ccc([C@@H](C)CC#N)cc1. The Balaban J connectivity index is 2.84. The summed E-state index contributed by atoms with van der Waals surface area (Å²) in [5.74, 6) is 0.319. The van der Waals surface area contributed by atoms with E-state index in [1.54, 1.807) is 0 Å². The van der Waals surface area contributed by atoms with Gasteiger partial charge in [-0.15, -0.1) is 0 Å². The van der Waals surface area contributed by atoms with Gasteiger partial charge in [-0.1, -0.05) is 43.3 Å². The van der Waals surface area contributed by atoms with Crippen molar-refractivity contribution in [3.63, 3.8) is 0 Å². The molecule has 0 heterocycles. The minimum atomic E-state index is 0.319. The Kier molecular flexibility index (Phi) is 3.48. The van der Waals surface area contributed by atoms with Gasteiger partial charge in [-0.25, -0.2) is 0 Å². The average molecular weight is 185 g/mol. The van der Waals surface area contributed by atoms with Crippen LogP contribution in [0.15, 0.2) is 30.8 Å². The van der Waals surface area contributed by atoms with E-state index in [0.29, 0.717) is 12.3 Å². The van der Waals surface area contributed by atoms with Crippen molar-refractivity contribution in [2.75, 3.05) is 0 Å². The van der Waals surface area contributed by atoms with Crippen LogP contribution < -0.4 is 0 Å². The molecule has 0 saturated carbocycles. The lowest BCUT2D eigenvalue weighted by molar-refractivity contribution is 0.789. The molecule has 0 saturated heterocycles. The molecule has 1 aromatic rings. The maximum atomic E-state index is 8.58. The molecule has 1 atom stereocenters. The molecular formula is C13H15N. The van der Waals surface area contributed by atoms with Gasteiger partial charge in [-0.2, -0.15) is 5.26 Å². The van der Waals surface area contributed by atoms with Gasteiger partial charge in [0.2, 0.25) is 0 Å². The van der Waals surface area contributed by atoms with Crippen LogP contribution in [0.5, 0.6) is 0 Å². The van der Waals surface area contributed by atoms with Crippen LogP contribution in [0.2, 0.25) is 0 Å². The van der Waals surface area contributed by atoms with Crippen LogP contribution in [0.3, 0.4) is 0 Å². The second-order valence-corrected chi connectivity index (χ2v) is 3.67. The molecule has 0 unspecified atom stereocenters. The van der Waals surface area contributed by atoms with Crippen molar-refractivity contribution in [3.8, 4) is 6.07 Å². The lowest BCUT2D eigenvalue weighted by atomic mass is 9.96. The third-order valence-corrected chi connectivity index (χ3v) is 2.37. The van der Waals surface area contributed by atoms with E-state index in [9.17, 15) is 0 Å². The van der Waals surface area contributed by atoms with Crippen LogP contribution in [0.4, 0.5) is 0 Å². The minimum Gasteiger partial charge on any atom is -0.198 e. The first-order chi connectivity index (χ1) is 6.65. The summed E-state index contributed by atoms with van der Waals surface area (Å²) in [6.07, 6.45) is 0.576. The van der Waals surface area contributed by atoms with Gasteiger partial charge in [0.05, 0.1) is 6.07 Å². The predicted octanol–water partition coefficient (Wildman–Crippen LogP) is 3.74. The Labute approximate surface area is 85.7 Å². The van der Waals surface area contributed by atoms with E-state index in [0.717, 1.165) is 11.1 Å². The number of hydrogen-bond donors (Lipinski definition) is 0. The molecule has 0 spiro atoms. The first kappa shape index (κ1) is 10.5. The molecule has 0 bridgehead atoms. The second kappa shape index (κ2) is 4.62. The van der Waals surface area contributed by atoms with Gasteiger partial charge in [-0.3, -0.25) is 0 Å². The summed E-state index contributed by atoms with van der Waals surface area (Å²) >= 11 is 0. The molecule has 0 aromatic heterocycles. The second-order valence-electron chi connectivity index (χ2n) is 3.67. The summed E-state index contributed by atoms with van der Waals surface area (Å²) in [4.78, 5) is 0. The van der Waals surface area contributed by atoms with Crippen molar-refractivity contribution in [1.82, 2.24) is 0 Å². The maximum absolute atomic E-state index is 8.58. The molecule has 1 aromatic carbocycles. The first-order valence-electron chi connectivity index (χ1n) is 4.78. The Morgan fingerprint density at radius 3 is 2.43 bits per heavy atom. The molecular weight excluding hydrogens is 170 g/mol. The summed E-state index contributed by atoms with van der Waals surface area (Å²) in [5.41, 5.74) is 3.46. The number of allylic oxidation sites excluding steroid dienone is 1. The third kappa shape index (κ3) is 2.47. The fourth-order valence-electron chi connectivity index (χ4n) is 1.35. The highest BCUT2D eigenvalue weighted by Gasteiger charge is 2.04. The summed E-state index contributed by atoms with van der Waals surface area (Å²) in [7, 11) is 0. The van der Waals surface area contributed by atoms with Crippen molar-refractivity contribution < 1.29 is 0 Å². The summed E-state index contributed by atoms with van der Waals surface area (Å²) in [6.45, 7) is 7.95. The fourth-order valence-corrected chi connectivity index (χ4v) is 1.35.